The van der Waals surface area contributed by atoms with Crippen LogP contribution in [-0.2, 0) is 4.87 Å². The summed E-state index contributed by atoms with van der Waals surface area (Å²) in [7, 11) is 0. The normalized spacial score (nSPS) is 12.0. The summed E-state index contributed by atoms with van der Waals surface area (Å²) < 4.78 is 0. The zero-order valence-corrected chi connectivity index (χ0v) is 7.29. The third kappa shape index (κ3) is 1.64. The van der Waals surface area contributed by atoms with Crippen LogP contribution in [0.4, 0.5) is 0 Å². The fraction of sp³-hybridized carbons (Fsp3) is 0.500. The molecule has 0 atom stereocenters. The lowest BCUT2D eigenvalue weighted by atomic mass is 10.1. The molecule has 56 valence electrons. The van der Waals surface area contributed by atoms with Gasteiger partial charge in [-0.3, -0.25) is 5.10 Å². The van der Waals surface area contributed by atoms with Crippen LogP contribution in [0, 0.1) is 0 Å². The molecule has 10 heavy (non-hydrogen) atoms. The molecule has 1 aromatic rings. The largest absolute Gasteiger partial charge is 0.279 e. The van der Waals surface area contributed by atoms with E-state index in [2.05, 4.69) is 10.2 Å². The first kappa shape index (κ1) is 7.89. The molecule has 0 aromatic carbocycles. The third-order valence-electron chi connectivity index (χ3n) is 1.19. The van der Waals surface area contributed by atoms with E-state index in [9.17, 15) is 0 Å². The fourth-order valence-electron chi connectivity index (χ4n) is 0.602. The van der Waals surface area contributed by atoms with Crippen molar-refractivity contribution in [3.63, 3.8) is 0 Å². The first-order valence-electron chi connectivity index (χ1n) is 2.90. The van der Waals surface area contributed by atoms with E-state index in [-0.39, 0.29) is 0 Å². The molecular weight excluding hydrogens is 171 g/mol. The number of aromatic amines is 1. The lowest BCUT2D eigenvalue weighted by Crippen LogP contribution is -2.07. The number of hydrogen-bond donors (Lipinski definition) is 1. The number of aromatic nitrogens is 2. The minimum Gasteiger partial charge on any atom is -0.279 e. The average Bonchev–Trinajstić information content (AvgIpc) is 2.11. The molecule has 1 heterocycles. The quantitative estimate of drug-likeness (QED) is 0.659. The van der Waals surface area contributed by atoms with Gasteiger partial charge in [-0.1, -0.05) is 11.6 Å². The highest BCUT2D eigenvalue weighted by atomic mass is 35.5. The smallest absolute Gasteiger partial charge is 0.151 e. The molecule has 0 saturated carbocycles. The number of nitrogens with zero attached hydrogens (tertiary/aromatic N) is 1. The van der Waals surface area contributed by atoms with Crippen LogP contribution < -0.4 is 0 Å². The maximum absolute atomic E-state index is 5.94. The SMILES string of the molecule is CC(C)(Cl)c1cc(Cl)n[nH]1. The summed E-state index contributed by atoms with van der Waals surface area (Å²) in [6.45, 7) is 3.75. The molecule has 0 aliphatic heterocycles. The van der Waals surface area contributed by atoms with Crippen LogP contribution in [0.25, 0.3) is 0 Å². The first-order chi connectivity index (χ1) is 4.50. The highest BCUT2D eigenvalue weighted by molar-refractivity contribution is 6.29. The van der Waals surface area contributed by atoms with E-state index in [1.54, 1.807) is 6.07 Å². The highest BCUT2D eigenvalue weighted by Crippen LogP contribution is 2.26. The fourth-order valence-corrected chi connectivity index (χ4v) is 0.850. The van der Waals surface area contributed by atoms with E-state index in [0.29, 0.717) is 5.15 Å². The second-order valence-corrected chi connectivity index (χ2v) is 3.91. The molecule has 1 aromatic heterocycles. The van der Waals surface area contributed by atoms with Crippen molar-refractivity contribution in [3.05, 3.63) is 16.9 Å². The van der Waals surface area contributed by atoms with E-state index in [1.165, 1.54) is 0 Å². The molecule has 1 rings (SSSR count). The van der Waals surface area contributed by atoms with Gasteiger partial charge in [-0.25, -0.2) is 0 Å². The summed E-state index contributed by atoms with van der Waals surface area (Å²) in [5, 5.41) is 6.92. The summed E-state index contributed by atoms with van der Waals surface area (Å²) in [5.41, 5.74) is 0.833. The molecule has 1 N–H and O–H groups in total. The summed E-state index contributed by atoms with van der Waals surface area (Å²) in [6, 6.07) is 1.72. The molecule has 0 radical (unpaired) electrons. The molecule has 0 spiro atoms. The molecule has 0 amide bonds. The van der Waals surface area contributed by atoms with Crippen molar-refractivity contribution in [3.8, 4) is 0 Å². The van der Waals surface area contributed by atoms with Crippen molar-refractivity contribution in [1.29, 1.82) is 0 Å². The molecule has 0 bridgehead atoms. The van der Waals surface area contributed by atoms with Crippen LogP contribution in [0.15, 0.2) is 6.07 Å². The van der Waals surface area contributed by atoms with Crippen molar-refractivity contribution in [2.75, 3.05) is 0 Å². The van der Waals surface area contributed by atoms with Crippen LogP contribution in [0.2, 0.25) is 5.15 Å². The Morgan fingerprint density at radius 3 is 2.40 bits per heavy atom. The number of halogens is 2. The minimum absolute atomic E-state index is 0.417. The van der Waals surface area contributed by atoms with Crippen LogP contribution in [0.5, 0.6) is 0 Å². The first-order valence-corrected chi connectivity index (χ1v) is 3.66. The molecule has 0 unspecified atom stereocenters. The Morgan fingerprint density at radius 1 is 1.60 bits per heavy atom. The zero-order valence-electron chi connectivity index (χ0n) is 5.78. The number of alkyl halides is 1. The van der Waals surface area contributed by atoms with Crippen molar-refractivity contribution < 1.29 is 0 Å². The Balaban J connectivity index is 2.96. The van der Waals surface area contributed by atoms with Gasteiger partial charge in [-0.05, 0) is 19.9 Å². The van der Waals surface area contributed by atoms with Crippen LogP contribution >= 0.6 is 23.2 Å². The Hall–Kier alpha value is -0.210. The average molecular weight is 179 g/mol. The second-order valence-electron chi connectivity index (χ2n) is 2.58. The highest BCUT2D eigenvalue weighted by Gasteiger charge is 2.18. The molecule has 2 nitrogen and oxygen atoms in total. The number of H-pyrrole nitrogens is 1. The Bertz CT molecular complexity index is 224. The van der Waals surface area contributed by atoms with E-state index < -0.39 is 4.87 Å². The van der Waals surface area contributed by atoms with Gasteiger partial charge in [-0.2, -0.15) is 5.10 Å². The monoisotopic (exact) mass is 178 g/mol. The van der Waals surface area contributed by atoms with Gasteiger partial charge in [0.05, 0.1) is 10.6 Å². The Kier molecular flexibility index (Phi) is 1.92. The van der Waals surface area contributed by atoms with Crippen LogP contribution in [0.1, 0.15) is 19.5 Å². The van der Waals surface area contributed by atoms with Crippen LogP contribution in [0.3, 0.4) is 0 Å². The molecule has 0 fully saturated rings. The summed E-state index contributed by atoms with van der Waals surface area (Å²) in [6.07, 6.45) is 0. The van der Waals surface area contributed by atoms with Gasteiger partial charge in [0, 0.05) is 0 Å². The van der Waals surface area contributed by atoms with Gasteiger partial charge >= 0.3 is 0 Å². The van der Waals surface area contributed by atoms with Gasteiger partial charge in [-0.15, -0.1) is 11.6 Å². The van der Waals surface area contributed by atoms with E-state index in [4.69, 9.17) is 23.2 Å². The Labute approximate surface area is 69.5 Å². The maximum atomic E-state index is 5.94. The van der Waals surface area contributed by atoms with Crippen molar-refractivity contribution in [2.24, 2.45) is 0 Å². The number of rotatable bonds is 1. The molecular formula is C6H8Cl2N2. The lowest BCUT2D eigenvalue weighted by molar-refractivity contribution is 0.725. The third-order valence-corrected chi connectivity index (χ3v) is 1.58. The number of nitrogens with one attached hydrogen (secondary N) is 1. The van der Waals surface area contributed by atoms with E-state index in [1.807, 2.05) is 13.8 Å². The summed E-state index contributed by atoms with van der Waals surface area (Å²) >= 11 is 11.5. The predicted octanol–water partition coefficient (Wildman–Crippen LogP) is 2.54. The van der Waals surface area contributed by atoms with Gasteiger partial charge in [0.15, 0.2) is 5.15 Å². The van der Waals surface area contributed by atoms with E-state index in [0.717, 1.165) is 5.69 Å². The molecule has 0 saturated heterocycles. The standard InChI is InChI=1S/C6H8Cl2N2/c1-6(2,8)4-3-5(7)10-9-4/h3H,1-2H3,(H,9,10). The predicted molar refractivity (Wildman–Crippen MR) is 42.5 cm³/mol. The Morgan fingerprint density at radius 2 is 2.20 bits per heavy atom. The van der Waals surface area contributed by atoms with Gasteiger partial charge < -0.3 is 0 Å². The lowest BCUT2D eigenvalue weighted by Gasteiger charge is -2.11. The van der Waals surface area contributed by atoms with Crippen molar-refractivity contribution in [2.45, 2.75) is 18.7 Å². The van der Waals surface area contributed by atoms with Crippen LogP contribution in [-0.4, -0.2) is 10.2 Å². The van der Waals surface area contributed by atoms with Crippen molar-refractivity contribution >= 4 is 23.2 Å². The van der Waals surface area contributed by atoms with E-state index >= 15 is 0 Å². The molecule has 0 aliphatic rings. The summed E-state index contributed by atoms with van der Waals surface area (Å²) in [5.74, 6) is 0. The van der Waals surface area contributed by atoms with Gasteiger partial charge in [0.1, 0.15) is 0 Å². The number of hydrogen-bond acceptors (Lipinski definition) is 1. The van der Waals surface area contributed by atoms with Gasteiger partial charge in [0.2, 0.25) is 0 Å². The molecule has 4 heteroatoms. The van der Waals surface area contributed by atoms with Gasteiger partial charge in [0.25, 0.3) is 0 Å². The zero-order chi connectivity index (χ0) is 7.78. The molecule has 0 aliphatic carbocycles. The summed E-state index contributed by atoms with van der Waals surface area (Å²) in [4.78, 5) is -0.417. The topological polar surface area (TPSA) is 28.7 Å². The van der Waals surface area contributed by atoms with Crippen molar-refractivity contribution in [1.82, 2.24) is 10.2 Å². The maximum Gasteiger partial charge on any atom is 0.151 e. The second kappa shape index (κ2) is 2.44. The minimum atomic E-state index is -0.417.